The topological polar surface area (TPSA) is 49.6 Å². The molecule has 0 spiro atoms. The molecule has 1 aromatic rings. The number of nitrogens with zero attached hydrogens (tertiary/aromatic N) is 3. The monoisotopic (exact) mass is 281 g/mol. The van der Waals surface area contributed by atoms with E-state index in [1.54, 1.807) is 11.9 Å². The van der Waals surface area contributed by atoms with Gasteiger partial charge in [0, 0.05) is 31.6 Å². The van der Waals surface area contributed by atoms with Crippen LogP contribution < -0.4 is 4.90 Å². The predicted molar refractivity (Wildman–Crippen MR) is 81.2 cm³/mol. The number of urea groups is 1. The van der Waals surface area contributed by atoms with Crippen molar-refractivity contribution in [3.63, 3.8) is 0 Å². The first-order chi connectivity index (χ1) is 9.31. The van der Waals surface area contributed by atoms with Crippen molar-refractivity contribution in [1.29, 1.82) is 0 Å². The average Bonchev–Trinajstić information content (AvgIpc) is 2.88. The zero-order valence-corrected chi connectivity index (χ0v) is 13.6. The van der Waals surface area contributed by atoms with Crippen LogP contribution in [0.5, 0.6) is 0 Å². The second kappa shape index (κ2) is 6.77. The normalized spacial score (nSPS) is 11.5. The first-order valence-electron chi connectivity index (χ1n) is 7.31. The Kier molecular flexibility index (Phi) is 5.60. The van der Waals surface area contributed by atoms with E-state index in [9.17, 15) is 4.79 Å². The van der Waals surface area contributed by atoms with Gasteiger partial charge in [0.2, 0.25) is 0 Å². The molecule has 0 saturated carbocycles. The third-order valence-electron chi connectivity index (χ3n) is 3.30. The van der Waals surface area contributed by atoms with Gasteiger partial charge in [-0.25, -0.2) is 4.79 Å². The number of carbonyl (C=O) groups is 1. The Morgan fingerprint density at radius 1 is 1.35 bits per heavy atom. The van der Waals surface area contributed by atoms with Crippen molar-refractivity contribution < 1.29 is 9.32 Å². The summed E-state index contributed by atoms with van der Waals surface area (Å²) < 4.78 is 5.33. The predicted octanol–water partition coefficient (Wildman–Crippen LogP) is 3.65. The molecule has 0 aliphatic carbocycles. The van der Waals surface area contributed by atoms with Crippen molar-refractivity contribution in [2.24, 2.45) is 0 Å². The first kappa shape index (κ1) is 16.5. The van der Waals surface area contributed by atoms with Crippen molar-refractivity contribution in [3.05, 3.63) is 11.8 Å². The molecule has 0 saturated heterocycles. The van der Waals surface area contributed by atoms with Crippen molar-refractivity contribution in [2.75, 3.05) is 25.0 Å². The number of amides is 2. The van der Waals surface area contributed by atoms with E-state index in [-0.39, 0.29) is 11.4 Å². The van der Waals surface area contributed by atoms with Crippen LogP contribution in [0.2, 0.25) is 0 Å². The Labute approximate surface area is 121 Å². The maximum absolute atomic E-state index is 12.4. The van der Waals surface area contributed by atoms with Gasteiger partial charge in [-0.1, -0.05) is 39.3 Å². The van der Waals surface area contributed by atoms with Gasteiger partial charge in [-0.05, 0) is 13.3 Å². The molecular formula is C15H27N3O2. The van der Waals surface area contributed by atoms with E-state index >= 15 is 0 Å². The molecule has 1 heterocycles. The molecule has 2 amide bonds. The lowest BCUT2D eigenvalue weighted by Crippen LogP contribution is -2.41. The molecule has 20 heavy (non-hydrogen) atoms. The molecule has 1 aromatic heterocycles. The third kappa shape index (κ3) is 3.99. The molecule has 0 radical (unpaired) electrons. The summed E-state index contributed by atoms with van der Waals surface area (Å²) in [6.07, 6.45) is 2.09. The molecule has 0 aliphatic heterocycles. The van der Waals surface area contributed by atoms with Crippen LogP contribution in [0.15, 0.2) is 10.6 Å². The standard InChI is InChI=1S/C15H27N3O2/c1-7-9-10-18(8-2)14(19)17(6)13-11-12(20-16-13)15(3,4)5/h11H,7-10H2,1-6H3. The lowest BCUT2D eigenvalue weighted by atomic mass is 9.93. The smallest absolute Gasteiger partial charge is 0.325 e. The molecule has 0 fully saturated rings. The van der Waals surface area contributed by atoms with Crippen LogP contribution in [0.1, 0.15) is 53.2 Å². The van der Waals surface area contributed by atoms with Gasteiger partial charge in [0.25, 0.3) is 0 Å². The van der Waals surface area contributed by atoms with Crippen LogP contribution in [0.4, 0.5) is 10.6 Å². The molecule has 0 unspecified atom stereocenters. The van der Waals surface area contributed by atoms with Gasteiger partial charge in [0.1, 0.15) is 5.76 Å². The Balaban J connectivity index is 2.80. The highest BCUT2D eigenvalue weighted by Gasteiger charge is 2.24. The van der Waals surface area contributed by atoms with Gasteiger partial charge in [-0.2, -0.15) is 0 Å². The molecule has 5 nitrogen and oxygen atoms in total. The SMILES string of the molecule is CCCCN(CC)C(=O)N(C)c1cc(C(C)(C)C)on1. The number of hydrogen-bond donors (Lipinski definition) is 0. The zero-order valence-electron chi connectivity index (χ0n) is 13.6. The Bertz CT molecular complexity index is 435. The van der Waals surface area contributed by atoms with Crippen LogP contribution in [0, 0.1) is 0 Å². The fourth-order valence-electron chi connectivity index (χ4n) is 1.83. The summed E-state index contributed by atoms with van der Waals surface area (Å²) in [4.78, 5) is 15.8. The van der Waals surface area contributed by atoms with Crippen LogP contribution in [0.3, 0.4) is 0 Å². The summed E-state index contributed by atoms with van der Waals surface area (Å²) in [5.74, 6) is 1.35. The first-order valence-corrected chi connectivity index (χ1v) is 7.31. The summed E-state index contributed by atoms with van der Waals surface area (Å²) in [6, 6.07) is 1.81. The summed E-state index contributed by atoms with van der Waals surface area (Å²) in [5, 5.41) is 4.00. The Morgan fingerprint density at radius 2 is 2.00 bits per heavy atom. The van der Waals surface area contributed by atoms with E-state index in [0.717, 1.165) is 25.1 Å². The quantitative estimate of drug-likeness (QED) is 0.827. The second-order valence-corrected chi connectivity index (χ2v) is 6.07. The molecule has 0 aromatic carbocycles. The lowest BCUT2D eigenvalue weighted by molar-refractivity contribution is 0.207. The number of hydrogen-bond acceptors (Lipinski definition) is 3. The van der Waals surface area contributed by atoms with E-state index < -0.39 is 0 Å². The average molecular weight is 281 g/mol. The van der Waals surface area contributed by atoms with Crippen LogP contribution in [0.25, 0.3) is 0 Å². The van der Waals surface area contributed by atoms with Gasteiger partial charge < -0.3 is 9.42 Å². The van der Waals surface area contributed by atoms with E-state index in [1.165, 1.54) is 0 Å². The third-order valence-corrected chi connectivity index (χ3v) is 3.30. The molecule has 5 heteroatoms. The van der Waals surface area contributed by atoms with E-state index in [2.05, 4.69) is 32.9 Å². The zero-order chi connectivity index (χ0) is 15.3. The van der Waals surface area contributed by atoms with Gasteiger partial charge >= 0.3 is 6.03 Å². The molecule has 0 N–H and O–H groups in total. The molecule has 0 aliphatic rings. The van der Waals surface area contributed by atoms with Crippen molar-refractivity contribution in [1.82, 2.24) is 10.1 Å². The Morgan fingerprint density at radius 3 is 2.45 bits per heavy atom. The maximum Gasteiger partial charge on any atom is 0.325 e. The fraction of sp³-hybridized carbons (Fsp3) is 0.733. The minimum Gasteiger partial charge on any atom is -0.359 e. The number of unbranched alkanes of at least 4 members (excludes halogenated alkanes) is 1. The highest BCUT2D eigenvalue weighted by molar-refractivity contribution is 5.90. The van der Waals surface area contributed by atoms with Gasteiger partial charge in [-0.3, -0.25) is 4.90 Å². The Hall–Kier alpha value is -1.52. The van der Waals surface area contributed by atoms with Crippen LogP contribution >= 0.6 is 0 Å². The second-order valence-electron chi connectivity index (χ2n) is 6.07. The van der Waals surface area contributed by atoms with Gasteiger partial charge in [0.05, 0.1) is 0 Å². The van der Waals surface area contributed by atoms with Gasteiger partial charge in [0.15, 0.2) is 5.82 Å². The molecular weight excluding hydrogens is 254 g/mol. The number of anilines is 1. The highest BCUT2D eigenvalue weighted by Crippen LogP contribution is 2.26. The van der Waals surface area contributed by atoms with E-state index in [4.69, 9.17) is 4.52 Å². The summed E-state index contributed by atoms with van der Waals surface area (Å²) in [7, 11) is 1.74. The minimum absolute atomic E-state index is 0.0327. The largest absolute Gasteiger partial charge is 0.359 e. The summed E-state index contributed by atoms with van der Waals surface area (Å²) >= 11 is 0. The molecule has 1 rings (SSSR count). The fourth-order valence-corrected chi connectivity index (χ4v) is 1.83. The number of carbonyl (C=O) groups excluding carboxylic acids is 1. The van der Waals surface area contributed by atoms with Crippen molar-refractivity contribution in [2.45, 2.75) is 52.9 Å². The highest BCUT2D eigenvalue weighted by atomic mass is 16.5. The van der Waals surface area contributed by atoms with Crippen LogP contribution in [-0.2, 0) is 5.41 Å². The van der Waals surface area contributed by atoms with Crippen molar-refractivity contribution >= 4 is 11.8 Å². The minimum atomic E-state index is -0.109. The maximum atomic E-state index is 12.4. The van der Waals surface area contributed by atoms with Crippen molar-refractivity contribution in [3.8, 4) is 0 Å². The number of aromatic nitrogens is 1. The van der Waals surface area contributed by atoms with Crippen LogP contribution in [-0.4, -0.2) is 36.2 Å². The summed E-state index contributed by atoms with van der Waals surface area (Å²) in [5.41, 5.74) is -0.109. The summed E-state index contributed by atoms with van der Waals surface area (Å²) in [6.45, 7) is 11.8. The number of rotatable bonds is 5. The van der Waals surface area contributed by atoms with E-state index in [0.29, 0.717) is 12.4 Å². The molecule has 0 bridgehead atoms. The molecule has 0 atom stereocenters. The van der Waals surface area contributed by atoms with Gasteiger partial charge in [-0.15, -0.1) is 0 Å². The molecule has 114 valence electrons. The lowest BCUT2D eigenvalue weighted by Gasteiger charge is -2.25. The van der Waals surface area contributed by atoms with E-state index in [1.807, 2.05) is 17.9 Å².